The third kappa shape index (κ3) is 6.96. The summed E-state index contributed by atoms with van der Waals surface area (Å²) in [5.74, 6) is -2.18. The summed E-state index contributed by atoms with van der Waals surface area (Å²) < 4.78 is 40.8. The number of nitrogens with one attached hydrogen (secondary N) is 3. The number of carbonyl (C=O) groups excluding carboxylic acids is 1. The van der Waals surface area contributed by atoms with Crippen LogP contribution < -0.4 is 26.7 Å². The first-order valence-electron chi connectivity index (χ1n) is 13.0. The van der Waals surface area contributed by atoms with E-state index >= 15 is 4.39 Å². The number of hydrogen-bond acceptors (Lipinski definition) is 7. The van der Waals surface area contributed by atoms with Gasteiger partial charge in [-0.25, -0.2) is 13.8 Å². The maximum atomic E-state index is 15.1. The highest BCUT2D eigenvalue weighted by atomic mass is 19.1. The minimum absolute atomic E-state index is 0.0161. The van der Waals surface area contributed by atoms with Crippen molar-refractivity contribution in [3.63, 3.8) is 0 Å². The number of hydrogen-bond donors (Lipinski definition) is 4. The standard InChI is InChI=1S/C30H30F2N6O4/c1-4-41-16-18(3)36-28(34)26-25(11-12-35-27(26)33)42-24-10-7-20(14-23(24)32)37-29(39)22-13-17(2)15-38(30(22)40)21-8-5-19(31)6-9-21/h5-15,18H,4,16H2,1-3H3,(H2,33,35)(H2,34,36)(H,37,39)/t18-/m0/s1. The molecule has 0 aliphatic carbocycles. The van der Waals surface area contributed by atoms with Gasteiger partial charge in [-0.05, 0) is 68.8 Å². The van der Waals surface area contributed by atoms with Crippen LogP contribution in [0.1, 0.15) is 35.3 Å². The molecule has 1 amide bonds. The second-order valence-electron chi connectivity index (χ2n) is 9.43. The molecular formula is C30H30F2N6O4. The molecule has 2 aromatic heterocycles. The van der Waals surface area contributed by atoms with Crippen molar-refractivity contribution >= 4 is 23.2 Å². The average Bonchev–Trinajstić information content (AvgIpc) is 2.94. The van der Waals surface area contributed by atoms with Crippen LogP contribution in [0, 0.1) is 24.0 Å². The third-order valence-corrected chi connectivity index (χ3v) is 6.07. The first-order valence-corrected chi connectivity index (χ1v) is 13.0. The Morgan fingerprint density at radius 3 is 2.55 bits per heavy atom. The number of amides is 1. The number of nitrogen functional groups attached to an aromatic ring is 1. The lowest BCUT2D eigenvalue weighted by Crippen LogP contribution is -2.36. The lowest BCUT2D eigenvalue weighted by atomic mass is 10.1. The van der Waals surface area contributed by atoms with Crippen LogP contribution in [0.2, 0.25) is 0 Å². The number of ether oxygens (including phenoxy) is 2. The zero-order valence-corrected chi connectivity index (χ0v) is 23.2. The monoisotopic (exact) mass is 576 g/mol. The lowest BCUT2D eigenvalue weighted by molar-refractivity contribution is 0.102. The number of aromatic nitrogens is 2. The van der Waals surface area contributed by atoms with Crippen LogP contribution in [-0.4, -0.2) is 40.5 Å². The quantitative estimate of drug-likeness (QED) is 0.157. The Hall–Kier alpha value is -5.10. The molecule has 2 heterocycles. The van der Waals surface area contributed by atoms with Crippen molar-refractivity contribution < 1.29 is 23.0 Å². The van der Waals surface area contributed by atoms with Gasteiger partial charge in [-0.3, -0.25) is 19.6 Å². The normalized spacial score (nSPS) is 11.5. The van der Waals surface area contributed by atoms with Gasteiger partial charge in [0.1, 0.15) is 34.3 Å². The first kappa shape index (κ1) is 29.9. The van der Waals surface area contributed by atoms with Gasteiger partial charge in [-0.2, -0.15) is 0 Å². The van der Waals surface area contributed by atoms with Crippen molar-refractivity contribution in [1.82, 2.24) is 14.9 Å². The van der Waals surface area contributed by atoms with Crippen molar-refractivity contribution in [3.05, 3.63) is 106 Å². The van der Waals surface area contributed by atoms with Crippen LogP contribution >= 0.6 is 0 Å². The van der Waals surface area contributed by atoms with Crippen LogP contribution in [0.5, 0.6) is 11.5 Å². The van der Waals surface area contributed by atoms with Crippen LogP contribution in [0.4, 0.5) is 20.3 Å². The van der Waals surface area contributed by atoms with Crippen LogP contribution in [0.3, 0.4) is 0 Å². The van der Waals surface area contributed by atoms with E-state index in [0.717, 1.165) is 6.07 Å². The molecular weight excluding hydrogens is 546 g/mol. The van der Waals surface area contributed by atoms with Gasteiger partial charge in [-0.1, -0.05) is 0 Å². The Kier molecular flexibility index (Phi) is 9.28. The van der Waals surface area contributed by atoms with E-state index in [-0.39, 0.29) is 46.0 Å². The highest BCUT2D eigenvalue weighted by molar-refractivity contribution is 6.04. The maximum absolute atomic E-state index is 15.1. The number of pyridine rings is 2. The number of aryl methyl sites for hydroxylation is 1. The van der Waals surface area contributed by atoms with Gasteiger partial charge in [-0.15, -0.1) is 0 Å². The molecule has 2 aromatic carbocycles. The van der Waals surface area contributed by atoms with Gasteiger partial charge in [0.05, 0.1) is 6.61 Å². The molecule has 4 aromatic rings. The molecule has 218 valence electrons. The topological polar surface area (TPSA) is 144 Å². The number of carbonyl (C=O) groups is 1. The molecule has 1 atom stereocenters. The van der Waals surface area contributed by atoms with E-state index in [1.54, 1.807) is 6.92 Å². The molecule has 0 aliphatic heterocycles. The molecule has 0 aliphatic rings. The third-order valence-electron chi connectivity index (χ3n) is 6.07. The number of anilines is 2. The summed E-state index contributed by atoms with van der Waals surface area (Å²) in [5.41, 5.74) is 6.43. The van der Waals surface area contributed by atoms with Gasteiger partial charge in [0, 0.05) is 48.5 Å². The fourth-order valence-corrected chi connectivity index (χ4v) is 4.10. The number of nitrogens with zero attached hydrogens (tertiary/aromatic N) is 2. The fourth-order valence-electron chi connectivity index (χ4n) is 4.10. The van der Waals surface area contributed by atoms with Crippen LogP contribution in [-0.2, 0) is 4.74 Å². The van der Waals surface area contributed by atoms with Crippen LogP contribution in [0.25, 0.3) is 5.69 Å². The molecule has 0 fully saturated rings. The zero-order valence-electron chi connectivity index (χ0n) is 23.2. The number of halogens is 2. The maximum Gasteiger partial charge on any atom is 0.267 e. The van der Waals surface area contributed by atoms with E-state index in [2.05, 4.69) is 15.6 Å². The first-order chi connectivity index (χ1) is 20.1. The summed E-state index contributed by atoms with van der Waals surface area (Å²) in [7, 11) is 0. The van der Waals surface area contributed by atoms with Crippen molar-refractivity contribution in [1.29, 1.82) is 5.41 Å². The summed E-state index contributed by atoms with van der Waals surface area (Å²) >= 11 is 0. The van der Waals surface area contributed by atoms with Gasteiger partial charge >= 0.3 is 0 Å². The lowest BCUT2D eigenvalue weighted by Gasteiger charge is -2.19. The molecule has 12 heteroatoms. The van der Waals surface area contributed by atoms with Crippen molar-refractivity contribution in [2.45, 2.75) is 26.8 Å². The molecule has 0 bridgehead atoms. The largest absolute Gasteiger partial charge is 0.453 e. The molecule has 0 unspecified atom stereocenters. The highest BCUT2D eigenvalue weighted by Gasteiger charge is 2.19. The minimum atomic E-state index is -0.814. The van der Waals surface area contributed by atoms with E-state index in [4.69, 9.17) is 20.6 Å². The molecule has 5 N–H and O–H groups in total. The smallest absolute Gasteiger partial charge is 0.267 e. The number of benzene rings is 2. The Bertz CT molecular complexity index is 1670. The van der Waals surface area contributed by atoms with Gasteiger partial charge < -0.3 is 25.8 Å². The minimum Gasteiger partial charge on any atom is -0.453 e. The van der Waals surface area contributed by atoms with Crippen molar-refractivity contribution in [3.8, 4) is 17.2 Å². The van der Waals surface area contributed by atoms with Gasteiger partial charge in [0.2, 0.25) is 0 Å². The Morgan fingerprint density at radius 1 is 1.12 bits per heavy atom. The predicted octanol–water partition coefficient (Wildman–Crippen LogP) is 4.79. The Balaban J connectivity index is 1.54. The summed E-state index contributed by atoms with van der Waals surface area (Å²) in [6.45, 7) is 6.29. The number of rotatable bonds is 10. The highest BCUT2D eigenvalue weighted by Crippen LogP contribution is 2.31. The van der Waals surface area contributed by atoms with Crippen molar-refractivity contribution in [2.75, 3.05) is 24.3 Å². The van der Waals surface area contributed by atoms with Gasteiger partial charge in [0.25, 0.3) is 11.5 Å². The van der Waals surface area contributed by atoms with E-state index in [0.29, 0.717) is 24.5 Å². The van der Waals surface area contributed by atoms with E-state index in [9.17, 15) is 14.0 Å². The number of amidine groups is 1. The Labute approximate surface area is 240 Å². The second-order valence-corrected chi connectivity index (χ2v) is 9.43. The summed E-state index contributed by atoms with van der Waals surface area (Å²) in [6, 6.07) is 11.7. The van der Waals surface area contributed by atoms with E-state index in [1.807, 2.05) is 13.8 Å². The molecule has 4 rings (SSSR count). The molecule has 0 radical (unpaired) electrons. The van der Waals surface area contributed by atoms with Gasteiger partial charge in [0.15, 0.2) is 11.6 Å². The molecule has 10 nitrogen and oxygen atoms in total. The second kappa shape index (κ2) is 13.0. The zero-order chi connectivity index (χ0) is 30.4. The van der Waals surface area contributed by atoms with Crippen molar-refractivity contribution in [2.24, 2.45) is 0 Å². The number of nitrogens with two attached hydrogens (primary N) is 1. The van der Waals surface area contributed by atoms with E-state index in [1.165, 1.54) is 65.5 Å². The summed E-state index contributed by atoms with van der Waals surface area (Å²) in [4.78, 5) is 30.1. The average molecular weight is 577 g/mol. The SMILES string of the molecule is CCOC[C@H](C)NC(=N)c1c(Oc2ccc(NC(=O)c3cc(C)cn(-c4ccc(F)cc4)c3=O)cc2F)ccnc1N. The fraction of sp³-hybridized carbons (Fsp3) is 0.200. The molecule has 0 saturated carbocycles. The Morgan fingerprint density at radius 2 is 1.86 bits per heavy atom. The molecule has 42 heavy (non-hydrogen) atoms. The van der Waals surface area contributed by atoms with Crippen LogP contribution in [0.15, 0.2) is 71.8 Å². The van der Waals surface area contributed by atoms with E-state index < -0.39 is 23.1 Å². The summed E-state index contributed by atoms with van der Waals surface area (Å²) in [5, 5.41) is 13.9. The molecule has 0 saturated heterocycles. The predicted molar refractivity (Wildman–Crippen MR) is 156 cm³/mol. The molecule has 0 spiro atoms. The summed E-state index contributed by atoms with van der Waals surface area (Å²) in [6.07, 6.45) is 2.91.